The van der Waals surface area contributed by atoms with Gasteiger partial charge >= 0.3 is 0 Å². The molecule has 0 radical (unpaired) electrons. The summed E-state index contributed by atoms with van der Waals surface area (Å²) in [6, 6.07) is 2.26. The van der Waals surface area contributed by atoms with Crippen molar-refractivity contribution < 1.29 is 4.42 Å². The Morgan fingerprint density at radius 2 is 2.11 bits per heavy atom. The fourth-order valence-corrected chi connectivity index (χ4v) is 2.83. The number of nitrogens with zero attached hydrogens (tertiary/aromatic N) is 2. The van der Waals surface area contributed by atoms with E-state index < -0.39 is 0 Å². The maximum atomic E-state index is 5.81. The van der Waals surface area contributed by atoms with Gasteiger partial charge in [-0.3, -0.25) is 0 Å². The predicted octanol–water partition coefficient (Wildman–Crippen LogP) is 3.87. The van der Waals surface area contributed by atoms with Crippen molar-refractivity contribution in [3.05, 3.63) is 22.4 Å². The lowest BCUT2D eigenvalue weighted by atomic mass is 10.2. The van der Waals surface area contributed by atoms with Crippen molar-refractivity contribution in [2.24, 2.45) is 0 Å². The van der Waals surface area contributed by atoms with E-state index in [-0.39, 0.29) is 6.04 Å². The number of rotatable bonds is 6. The Balaban J connectivity index is 2.17. The minimum absolute atomic E-state index is 0.156. The fourth-order valence-electron chi connectivity index (χ4n) is 1.88. The summed E-state index contributed by atoms with van der Waals surface area (Å²) in [5.41, 5.74) is 1.27. The molecule has 19 heavy (non-hydrogen) atoms. The summed E-state index contributed by atoms with van der Waals surface area (Å²) in [7, 11) is 0. The Morgan fingerprint density at radius 3 is 2.68 bits per heavy atom. The van der Waals surface area contributed by atoms with E-state index in [1.165, 1.54) is 10.4 Å². The molecule has 1 atom stereocenters. The molecule has 2 heterocycles. The van der Waals surface area contributed by atoms with Gasteiger partial charge in [0.1, 0.15) is 0 Å². The second-order valence-electron chi connectivity index (χ2n) is 4.71. The van der Waals surface area contributed by atoms with Gasteiger partial charge in [0.2, 0.25) is 5.89 Å². The van der Waals surface area contributed by atoms with Crippen molar-refractivity contribution in [3.63, 3.8) is 0 Å². The summed E-state index contributed by atoms with van der Waals surface area (Å²) < 4.78 is 5.81. The van der Waals surface area contributed by atoms with Crippen LogP contribution in [0.1, 0.15) is 49.1 Å². The summed E-state index contributed by atoms with van der Waals surface area (Å²) in [6.45, 7) is 9.45. The van der Waals surface area contributed by atoms with Crippen LogP contribution in [0, 0.1) is 13.8 Å². The fraction of sp³-hybridized carbons (Fsp3) is 0.571. The first-order valence-electron chi connectivity index (χ1n) is 6.79. The molecule has 2 rings (SSSR count). The molecular weight excluding hydrogens is 258 g/mol. The molecule has 0 aromatic carbocycles. The highest BCUT2D eigenvalue weighted by molar-refractivity contribution is 7.15. The quantitative estimate of drug-likeness (QED) is 0.872. The standard InChI is InChI=1S/C14H21N3OS/c1-5-7-15-11(6-2)13-16-17-14(18-13)12-8-9(3)10(4)19-12/h8,11,15H,5-7H2,1-4H3. The Hall–Kier alpha value is -1.20. The molecule has 0 fully saturated rings. The molecule has 0 spiro atoms. The molecule has 104 valence electrons. The lowest BCUT2D eigenvalue weighted by Gasteiger charge is -2.11. The first-order valence-corrected chi connectivity index (χ1v) is 7.61. The van der Waals surface area contributed by atoms with Crippen LogP contribution in [0.15, 0.2) is 10.5 Å². The third-order valence-electron chi connectivity index (χ3n) is 3.16. The van der Waals surface area contributed by atoms with E-state index >= 15 is 0 Å². The number of hydrogen-bond acceptors (Lipinski definition) is 5. The summed E-state index contributed by atoms with van der Waals surface area (Å²) in [4.78, 5) is 2.35. The molecule has 0 saturated carbocycles. The maximum Gasteiger partial charge on any atom is 0.257 e. The zero-order valence-electron chi connectivity index (χ0n) is 12.0. The van der Waals surface area contributed by atoms with E-state index in [2.05, 4.69) is 49.3 Å². The van der Waals surface area contributed by atoms with Crippen LogP contribution in [0.25, 0.3) is 10.8 Å². The van der Waals surface area contributed by atoms with Gasteiger partial charge in [-0.15, -0.1) is 21.5 Å². The van der Waals surface area contributed by atoms with E-state index in [0.29, 0.717) is 11.8 Å². The average Bonchev–Trinajstić information content (AvgIpc) is 2.99. The molecule has 5 heteroatoms. The summed E-state index contributed by atoms with van der Waals surface area (Å²) in [5, 5.41) is 11.8. The number of thiophene rings is 1. The molecule has 0 amide bonds. The monoisotopic (exact) mass is 279 g/mol. The van der Waals surface area contributed by atoms with Gasteiger partial charge in [0, 0.05) is 4.88 Å². The third-order valence-corrected chi connectivity index (χ3v) is 4.31. The van der Waals surface area contributed by atoms with Crippen molar-refractivity contribution in [1.82, 2.24) is 15.5 Å². The predicted molar refractivity (Wildman–Crippen MR) is 78.4 cm³/mol. The Kier molecular flexibility index (Phi) is 4.71. The molecule has 4 nitrogen and oxygen atoms in total. The van der Waals surface area contributed by atoms with E-state index in [9.17, 15) is 0 Å². The molecule has 2 aromatic rings. The largest absolute Gasteiger partial charge is 0.418 e. The van der Waals surface area contributed by atoms with Crippen LogP contribution in [-0.4, -0.2) is 16.7 Å². The van der Waals surface area contributed by atoms with Crippen LogP contribution in [0.3, 0.4) is 0 Å². The highest BCUT2D eigenvalue weighted by Crippen LogP contribution is 2.30. The molecular formula is C14H21N3OS. The lowest BCUT2D eigenvalue weighted by Crippen LogP contribution is -2.21. The van der Waals surface area contributed by atoms with Gasteiger partial charge in [0.05, 0.1) is 10.9 Å². The SMILES string of the molecule is CCCNC(CC)c1nnc(-c2cc(C)c(C)s2)o1. The van der Waals surface area contributed by atoms with Crippen LogP contribution in [0.5, 0.6) is 0 Å². The highest BCUT2D eigenvalue weighted by atomic mass is 32.1. The molecule has 0 aliphatic rings. The van der Waals surface area contributed by atoms with Gasteiger partial charge in [-0.1, -0.05) is 13.8 Å². The van der Waals surface area contributed by atoms with Crippen LogP contribution in [0.2, 0.25) is 0 Å². The van der Waals surface area contributed by atoms with Crippen molar-refractivity contribution in [2.45, 2.75) is 46.6 Å². The second kappa shape index (κ2) is 6.30. The zero-order valence-corrected chi connectivity index (χ0v) is 12.8. The van der Waals surface area contributed by atoms with Crippen LogP contribution < -0.4 is 5.32 Å². The topological polar surface area (TPSA) is 51.0 Å². The summed E-state index contributed by atoms with van der Waals surface area (Å²) in [5.74, 6) is 1.32. The molecule has 0 aliphatic heterocycles. The van der Waals surface area contributed by atoms with Crippen molar-refractivity contribution >= 4 is 11.3 Å². The number of nitrogens with one attached hydrogen (secondary N) is 1. The molecule has 1 unspecified atom stereocenters. The maximum absolute atomic E-state index is 5.81. The average molecular weight is 279 g/mol. The number of aryl methyl sites for hydroxylation is 2. The van der Waals surface area contributed by atoms with Crippen LogP contribution in [-0.2, 0) is 0 Å². The van der Waals surface area contributed by atoms with E-state index in [4.69, 9.17) is 4.42 Å². The van der Waals surface area contributed by atoms with Gasteiger partial charge in [0.15, 0.2) is 0 Å². The van der Waals surface area contributed by atoms with Crippen molar-refractivity contribution in [1.29, 1.82) is 0 Å². The van der Waals surface area contributed by atoms with Crippen molar-refractivity contribution in [2.75, 3.05) is 6.54 Å². The summed E-state index contributed by atoms with van der Waals surface area (Å²) in [6.07, 6.45) is 2.05. The molecule has 2 aromatic heterocycles. The summed E-state index contributed by atoms with van der Waals surface area (Å²) >= 11 is 1.70. The normalized spacial score (nSPS) is 12.8. The molecule has 0 bridgehead atoms. The molecule has 0 aliphatic carbocycles. The van der Waals surface area contributed by atoms with Crippen LogP contribution in [0.4, 0.5) is 0 Å². The van der Waals surface area contributed by atoms with Gasteiger partial charge in [-0.2, -0.15) is 0 Å². The number of hydrogen-bond donors (Lipinski definition) is 1. The smallest absolute Gasteiger partial charge is 0.257 e. The van der Waals surface area contributed by atoms with Crippen LogP contribution >= 0.6 is 11.3 Å². The minimum Gasteiger partial charge on any atom is -0.418 e. The van der Waals surface area contributed by atoms with E-state index in [1.807, 2.05) is 0 Å². The minimum atomic E-state index is 0.156. The van der Waals surface area contributed by atoms with Gasteiger partial charge in [0.25, 0.3) is 5.89 Å². The third kappa shape index (κ3) is 3.22. The van der Waals surface area contributed by atoms with Gasteiger partial charge in [-0.25, -0.2) is 0 Å². The van der Waals surface area contributed by atoms with E-state index in [0.717, 1.165) is 24.3 Å². The first kappa shape index (κ1) is 14.2. The van der Waals surface area contributed by atoms with E-state index in [1.54, 1.807) is 11.3 Å². The lowest BCUT2D eigenvalue weighted by molar-refractivity contribution is 0.396. The van der Waals surface area contributed by atoms with Gasteiger partial charge < -0.3 is 9.73 Å². The second-order valence-corrected chi connectivity index (χ2v) is 5.97. The highest BCUT2D eigenvalue weighted by Gasteiger charge is 2.18. The van der Waals surface area contributed by atoms with Gasteiger partial charge in [-0.05, 0) is 44.9 Å². The first-order chi connectivity index (χ1) is 9.15. The number of aromatic nitrogens is 2. The Morgan fingerprint density at radius 1 is 1.32 bits per heavy atom. The molecule has 0 saturated heterocycles. The Labute approximate surface area is 118 Å². The Bertz CT molecular complexity index is 513. The zero-order chi connectivity index (χ0) is 13.8. The van der Waals surface area contributed by atoms with Crippen molar-refractivity contribution in [3.8, 4) is 10.8 Å². The molecule has 1 N–H and O–H groups in total.